The van der Waals surface area contributed by atoms with Crippen LogP contribution in [0.3, 0.4) is 0 Å². The van der Waals surface area contributed by atoms with Gasteiger partial charge < -0.3 is 57.7 Å². The van der Waals surface area contributed by atoms with E-state index in [2.05, 4.69) is 66.2 Å². The highest BCUT2D eigenvalue weighted by Crippen LogP contribution is 2.49. The summed E-state index contributed by atoms with van der Waals surface area (Å²) in [6.07, 6.45) is -1.41. The summed E-state index contributed by atoms with van der Waals surface area (Å²) in [4.78, 5) is 71.2. The van der Waals surface area contributed by atoms with Crippen LogP contribution >= 0.6 is 8.53 Å². The number of fused-ring (bicyclic) bond motifs is 3. The molecule has 1 aliphatic carbocycles. The van der Waals surface area contributed by atoms with Gasteiger partial charge in [-0.05, 0) is 139 Å². The highest BCUT2D eigenvalue weighted by Gasteiger charge is 2.41. The minimum Gasteiger partial charge on any atom is -0.497 e. The summed E-state index contributed by atoms with van der Waals surface area (Å²) in [7, 11) is 3.04. The summed E-state index contributed by atoms with van der Waals surface area (Å²) >= 11 is 0. The molecule has 96 heavy (non-hydrogen) atoms. The Labute approximate surface area is 560 Å². The van der Waals surface area contributed by atoms with Gasteiger partial charge >= 0.3 is 17.9 Å². The molecule has 0 fully saturated rings. The molecular weight excluding hydrogens is 1240 g/mol. The number of hydrogen-bond donors (Lipinski definition) is 2. The van der Waals surface area contributed by atoms with Crippen molar-refractivity contribution in [1.29, 1.82) is 5.26 Å². The van der Waals surface area contributed by atoms with Gasteiger partial charge in [0.15, 0.2) is 0 Å². The number of carbonyl (C=O) groups is 4. The molecule has 0 saturated carbocycles. The molecule has 9 rings (SSSR count). The minimum absolute atomic E-state index is 0.0104. The van der Waals surface area contributed by atoms with E-state index in [-0.39, 0.29) is 100 Å². The molecule has 21 nitrogen and oxygen atoms in total. The summed E-state index contributed by atoms with van der Waals surface area (Å²) in [5.41, 5.74) is 6.61. The Morgan fingerprint density at radius 1 is 0.688 bits per heavy atom. The molecule has 0 saturated heterocycles. The Bertz CT molecular complexity index is 3880. The van der Waals surface area contributed by atoms with Gasteiger partial charge in [0.1, 0.15) is 54.7 Å². The number of rotatable bonds is 32. The van der Waals surface area contributed by atoms with Crippen LogP contribution in [-0.2, 0) is 58.1 Å². The lowest BCUT2D eigenvalue weighted by Crippen LogP contribution is -2.42. The number of likely N-dealkylation sites (N-methyl/N-ethyl adjacent to an activating group) is 1. The maximum absolute atomic E-state index is 13.8. The molecule has 1 heterocycles. The second kappa shape index (κ2) is 34.1. The quantitative estimate of drug-likeness (QED) is 0.0131. The Hall–Kier alpha value is -9.78. The first kappa shape index (κ1) is 70.5. The number of nitrogens with zero attached hydrogens (tertiary/aromatic N) is 5. The SMILES string of the molecule is COc1ccc(C(OC[C@@H](OCn2ccc(NC(=O)c3ccc(CNC(=O)Cc4ccc(OC(=O)OCCN(C)C(=O)OCC5c6ccccc6-c6ccccc65)cc4)cc3)nc2=O)C(C)OP(OCCC#N)N(C(C)C)C(C)C)(c2ccccc2)c2ccc(OC)cc2)cc1. The summed E-state index contributed by atoms with van der Waals surface area (Å²) < 4.78 is 57.9. The standard InChI is InChI=1S/C74H80N7O14P/c1-50(2)81(51(3)4)96(93-43-16-40-75)95-52(5)67(48-92-74(56-17-10-9-11-18-56,57-29-35-59(87-7)36-30-57)58-31-37-60(88-8)38-32-58)91-49-80-41-39-68(78-71(80)84)77-70(83)55-27-23-54(24-28-55)46-76-69(82)45-53-25-33-61(34-26-53)94-73(86)89-44-42-79(6)72(85)90-47-66-64-21-14-12-19-62(64)63-20-13-15-22-65(63)66/h9-15,17-39,41,50-52,66-67H,16,42-49H2,1-8H3,(H,76,82)(H,77,78,83,84)/t52?,67-,96?/m1/s1. The zero-order valence-electron chi connectivity index (χ0n) is 55.0. The molecule has 0 spiro atoms. The molecule has 7 aromatic carbocycles. The average Bonchev–Trinajstić information content (AvgIpc) is 1.31. The number of carbonyl (C=O) groups excluding carboxylic acids is 4. The van der Waals surface area contributed by atoms with Crippen molar-refractivity contribution in [2.24, 2.45) is 0 Å². The Balaban J connectivity index is 0.774. The summed E-state index contributed by atoms with van der Waals surface area (Å²) in [5.74, 6) is 0.666. The first-order valence-corrected chi connectivity index (χ1v) is 32.7. The minimum atomic E-state index is -1.74. The number of amides is 3. The van der Waals surface area contributed by atoms with Crippen LogP contribution in [0.4, 0.5) is 15.4 Å². The second-order valence-electron chi connectivity index (χ2n) is 23.2. The number of anilines is 1. The van der Waals surface area contributed by atoms with E-state index in [0.29, 0.717) is 17.1 Å². The van der Waals surface area contributed by atoms with Crippen LogP contribution in [-0.4, -0.2) is 122 Å². The fraction of sp³-hybridized carbons (Fsp3) is 0.311. The van der Waals surface area contributed by atoms with Gasteiger partial charge in [0, 0.05) is 43.4 Å². The summed E-state index contributed by atoms with van der Waals surface area (Å²) in [5, 5.41) is 15.0. The Morgan fingerprint density at radius 3 is 1.84 bits per heavy atom. The lowest BCUT2D eigenvalue weighted by molar-refractivity contribution is -0.120. The average molecular weight is 1320 g/mol. The van der Waals surface area contributed by atoms with Gasteiger partial charge in [-0.1, -0.05) is 127 Å². The van der Waals surface area contributed by atoms with Gasteiger partial charge in [0.2, 0.25) is 5.91 Å². The van der Waals surface area contributed by atoms with E-state index in [0.717, 1.165) is 44.5 Å². The number of benzene rings is 7. The van der Waals surface area contributed by atoms with E-state index < -0.39 is 50.2 Å². The van der Waals surface area contributed by atoms with Crippen molar-refractivity contribution in [3.8, 4) is 34.4 Å². The highest BCUT2D eigenvalue weighted by atomic mass is 31.2. The first-order chi connectivity index (χ1) is 46.5. The van der Waals surface area contributed by atoms with Crippen LogP contribution in [0.25, 0.3) is 11.1 Å². The van der Waals surface area contributed by atoms with Gasteiger partial charge in [0.05, 0.1) is 59.0 Å². The van der Waals surface area contributed by atoms with E-state index in [4.69, 9.17) is 42.2 Å². The first-order valence-electron chi connectivity index (χ1n) is 31.6. The van der Waals surface area contributed by atoms with Crippen LogP contribution in [0, 0.1) is 11.3 Å². The van der Waals surface area contributed by atoms with Crippen molar-refractivity contribution in [1.82, 2.24) is 24.4 Å². The number of nitrogens with one attached hydrogen (secondary N) is 2. The van der Waals surface area contributed by atoms with E-state index in [1.54, 1.807) is 69.8 Å². The van der Waals surface area contributed by atoms with Gasteiger partial charge in [-0.15, -0.1) is 0 Å². The molecular formula is C74H80N7O14P. The largest absolute Gasteiger partial charge is 0.513 e. The highest BCUT2D eigenvalue weighted by molar-refractivity contribution is 7.44. The molecule has 22 heteroatoms. The van der Waals surface area contributed by atoms with E-state index >= 15 is 0 Å². The third kappa shape index (κ3) is 18.2. The Kier molecular flexibility index (Phi) is 25.0. The molecule has 2 unspecified atom stereocenters. The third-order valence-corrected chi connectivity index (χ3v) is 18.3. The van der Waals surface area contributed by atoms with Crippen LogP contribution < -0.4 is 30.5 Å². The Morgan fingerprint density at radius 2 is 1.26 bits per heavy atom. The van der Waals surface area contributed by atoms with Crippen molar-refractivity contribution >= 4 is 38.4 Å². The monoisotopic (exact) mass is 1320 g/mol. The van der Waals surface area contributed by atoms with E-state index in [9.17, 15) is 29.2 Å². The second-order valence-corrected chi connectivity index (χ2v) is 24.7. The molecule has 0 bridgehead atoms. The van der Waals surface area contributed by atoms with Crippen LogP contribution in [0.1, 0.15) is 96.3 Å². The number of ether oxygens (including phenoxy) is 7. The molecule has 3 atom stereocenters. The fourth-order valence-electron chi connectivity index (χ4n) is 11.2. The zero-order valence-corrected chi connectivity index (χ0v) is 55.9. The lowest BCUT2D eigenvalue weighted by atomic mass is 9.80. The zero-order chi connectivity index (χ0) is 68.1. The summed E-state index contributed by atoms with van der Waals surface area (Å²) in [6.45, 7) is 10.1. The number of hydrogen-bond acceptors (Lipinski definition) is 17. The maximum atomic E-state index is 13.8. The third-order valence-electron chi connectivity index (χ3n) is 16.1. The predicted octanol–water partition coefficient (Wildman–Crippen LogP) is 12.8. The van der Waals surface area contributed by atoms with Crippen molar-refractivity contribution in [3.63, 3.8) is 0 Å². The predicted molar refractivity (Wildman–Crippen MR) is 363 cm³/mol. The smallest absolute Gasteiger partial charge is 0.497 e. The number of methoxy groups -OCH3 is 2. The van der Waals surface area contributed by atoms with Crippen LogP contribution in [0.2, 0.25) is 0 Å². The number of nitriles is 1. The van der Waals surface area contributed by atoms with Gasteiger partial charge in [-0.25, -0.2) is 19.1 Å². The molecule has 500 valence electrons. The molecule has 3 amide bonds. The molecule has 0 radical (unpaired) electrons. The van der Waals surface area contributed by atoms with Crippen LogP contribution in [0.5, 0.6) is 17.2 Å². The topological polar surface area (TPSA) is 241 Å². The van der Waals surface area contributed by atoms with Crippen molar-refractivity contribution in [2.75, 3.05) is 59.6 Å². The van der Waals surface area contributed by atoms with Gasteiger partial charge in [0.25, 0.3) is 14.4 Å². The lowest BCUT2D eigenvalue weighted by Gasteiger charge is -2.40. The van der Waals surface area contributed by atoms with Crippen LogP contribution in [0.15, 0.2) is 193 Å². The maximum Gasteiger partial charge on any atom is 0.513 e. The van der Waals surface area contributed by atoms with Crippen molar-refractivity contribution in [2.45, 2.75) is 96.5 Å². The van der Waals surface area contributed by atoms with Crippen molar-refractivity contribution in [3.05, 3.63) is 243 Å². The van der Waals surface area contributed by atoms with Gasteiger partial charge in [-0.2, -0.15) is 10.2 Å². The van der Waals surface area contributed by atoms with Gasteiger partial charge in [-0.3, -0.25) is 14.2 Å². The fourth-order valence-corrected chi connectivity index (χ4v) is 12.9. The normalized spacial score (nSPS) is 12.8. The molecule has 8 aromatic rings. The number of aromatic nitrogens is 2. The molecule has 0 aliphatic heterocycles. The molecule has 2 N–H and O–H groups in total. The molecule has 1 aliphatic rings. The molecule has 1 aromatic heterocycles. The summed E-state index contributed by atoms with van der Waals surface area (Å²) in [6, 6.07) is 58.0. The van der Waals surface area contributed by atoms with E-state index in [1.807, 2.05) is 122 Å². The van der Waals surface area contributed by atoms with Crippen molar-refractivity contribution < 1.29 is 61.4 Å². The van der Waals surface area contributed by atoms with E-state index in [1.165, 1.54) is 21.7 Å².